The van der Waals surface area contributed by atoms with Crippen molar-refractivity contribution in [3.05, 3.63) is 71.4 Å². The molecule has 2 aromatic heterocycles. The quantitative estimate of drug-likeness (QED) is 0.595. The Hall–Kier alpha value is -3.22. The molecule has 3 aromatic rings. The number of carbonyl (C=O) groups is 1. The van der Waals surface area contributed by atoms with Crippen molar-refractivity contribution < 1.29 is 13.9 Å². The molecular weight excluding hydrogens is 395 g/mol. The number of hydrogen-bond acceptors (Lipinski definition) is 4. The molecule has 0 bridgehead atoms. The lowest BCUT2D eigenvalue weighted by Crippen LogP contribution is -2.24. The second kappa shape index (κ2) is 9.29. The Morgan fingerprint density at radius 3 is 2.68 bits per heavy atom. The van der Waals surface area contributed by atoms with Gasteiger partial charge in [-0.15, -0.1) is 0 Å². The van der Waals surface area contributed by atoms with E-state index in [1.807, 2.05) is 26.0 Å². The maximum Gasteiger partial charge on any atom is 0.255 e. The number of pyridine rings is 1. The van der Waals surface area contributed by atoms with Gasteiger partial charge in [0, 0.05) is 18.8 Å². The van der Waals surface area contributed by atoms with Gasteiger partial charge in [-0.05, 0) is 67.5 Å². The summed E-state index contributed by atoms with van der Waals surface area (Å²) in [6, 6.07) is 9.82. The second-order valence-electron chi connectivity index (χ2n) is 8.20. The highest BCUT2D eigenvalue weighted by Crippen LogP contribution is 2.25. The summed E-state index contributed by atoms with van der Waals surface area (Å²) < 4.78 is 20.9. The molecule has 1 aliphatic rings. The number of amides is 1. The Bertz CT molecular complexity index is 1040. The number of hydrogen-bond donors (Lipinski definition) is 1. The minimum Gasteiger partial charge on any atom is -0.474 e. The van der Waals surface area contributed by atoms with Crippen molar-refractivity contribution in [1.82, 2.24) is 20.1 Å². The van der Waals surface area contributed by atoms with Crippen LogP contribution in [0.5, 0.6) is 5.88 Å². The second-order valence-corrected chi connectivity index (χ2v) is 8.20. The van der Waals surface area contributed by atoms with Gasteiger partial charge in [0.05, 0.1) is 23.1 Å². The van der Waals surface area contributed by atoms with Crippen molar-refractivity contribution in [2.24, 2.45) is 0 Å². The van der Waals surface area contributed by atoms with E-state index in [0.717, 1.165) is 24.1 Å². The van der Waals surface area contributed by atoms with Crippen molar-refractivity contribution in [2.45, 2.75) is 58.1 Å². The summed E-state index contributed by atoms with van der Waals surface area (Å²) in [6.45, 7) is 4.37. The molecule has 6 nitrogen and oxygen atoms in total. The Balaban J connectivity index is 1.47. The zero-order chi connectivity index (χ0) is 21.8. The SMILES string of the molecule is CC(C)c1c(C(=O)NCc2ccnc(OC3CCCC3)c2)cnn1-c1ccc(F)cc1. The van der Waals surface area contributed by atoms with Crippen molar-refractivity contribution in [3.8, 4) is 11.6 Å². The number of aromatic nitrogens is 3. The Morgan fingerprint density at radius 2 is 1.97 bits per heavy atom. The first kappa shape index (κ1) is 21.0. The minimum absolute atomic E-state index is 0.0562. The van der Waals surface area contributed by atoms with Crippen molar-refractivity contribution in [2.75, 3.05) is 0 Å². The van der Waals surface area contributed by atoms with Crippen molar-refractivity contribution in [1.29, 1.82) is 0 Å². The van der Waals surface area contributed by atoms with Crippen LogP contribution in [-0.2, 0) is 6.54 Å². The molecule has 1 N–H and O–H groups in total. The van der Waals surface area contributed by atoms with Crippen LogP contribution < -0.4 is 10.1 Å². The molecule has 2 heterocycles. The highest BCUT2D eigenvalue weighted by atomic mass is 19.1. The summed E-state index contributed by atoms with van der Waals surface area (Å²) >= 11 is 0. The smallest absolute Gasteiger partial charge is 0.255 e. The monoisotopic (exact) mass is 422 g/mol. The number of benzene rings is 1. The van der Waals surface area contributed by atoms with E-state index in [-0.39, 0.29) is 23.7 Å². The Labute approximate surface area is 181 Å². The number of nitrogens with zero attached hydrogens (tertiary/aromatic N) is 3. The average Bonchev–Trinajstić information content (AvgIpc) is 3.43. The molecule has 0 aliphatic heterocycles. The predicted octanol–water partition coefficient (Wildman–Crippen LogP) is 4.78. The molecule has 0 saturated heterocycles. The van der Waals surface area contributed by atoms with Crippen LogP contribution in [0.4, 0.5) is 4.39 Å². The predicted molar refractivity (Wildman–Crippen MR) is 116 cm³/mol. The molecule has 7 heteroatoms. The summed E-state index contributed by atoms with van der Waals surface area (Å²) in [6.07, 6.45) is 8.04. The van der Waals surface area contributed by atoms with Crippen LogP contribution >= 0.6 is 0 Å². The van der Waals surface area contributed by atoms with Crippen LogP contribution in [0.15, 0.2) is 48.8 Å². The molecule has 1 saturated carbocycles. The van der Waals surface area contributed by atoms with E-state index in [4.69, 9.17) is 4.74 Å². The van der Waals surface area contributed by atoms with Gasteiger partial charge < -0.3 is 10.1 Å². The fourth-order valence-electron chi connectivity index (χ4n) is 3.96. The van der Waals surface area contributed by atoms with Crippen molar-refractivity contribution >= 4 is 5.91 Å². The van der Waals surface area contributed by atoms with Gasteiger partial charge in [0.25, 0.3) is 5.91 Å². The van der Waals surface area contributed by atoms with Gasteiger partial charge in [0.1, 0.15) is 11.9 Å². The van der Waals surface area contributed by atoms with Crippen LogP contribution in [0.1, 0.15) is 67.1 Å². The van der Waals surface area contributed by atoms with Gasteiger partial charge in [-0.1, -0.05) is 13.8 Å². The maximum absolute atomic E-state index is 13.3. The van der Waals surface area contributed by atoms with Gasteiger partial charge >= 0.3 is 0 Å². The number of ether oxygens (including phenoxy) is 1. The summed E-state index contributed by atoms with van der Waals surface area (Å²) in [5, 5.41) is 7.36. The molecule has 0 spiro atoms. The lowest BCUT2D eigenvalue weighted by molar-refractivity contribution is 0.0949. The summed E-state index contributed by atoms with van der Waals surface area (Å²) in [7, 11) is 0. The van der Waals surface area contributed by atoms with Crippen LogP contribution in [0, 0.1) is 5.82 Å². The molecule has 0 atom stereocenters. The number of rotatable bonds is 7. The third-order valence-electron chi connectivity index (χ3n) is 5.51. The molecule has 1 aliphatic carbocycles. The van der Waals surface area contributed by atoms with E-state index in [9.17, 15) is 9.18 Å². The van der Waals surface area contributed by atoms with Crippen molar-refractivity contribution in [3.63, 3.8) is 0 Å². The Morgan fingerprint density at radius 1 is 1.23 bits per heavy atom. The topological polar surface area (TPSA) is 69.0 Å². The van der Waals surface area contributed by atoms with Crippen LogP contribution in [-0.4, -0.2) is 26.8 Å². The molecule has 31 heavy (non-hydrogen) atoms. The molecule has 162 valence electrons. The summed E-state index contributed by atoms with van der Waals surface area (Å²) in [5.74, 6) is 0.145. The zero-order valence-electron chi connectivity index (χ0n) is 17.8. The minimum atomic E-state index is -0.311. The van der Waals surface area contributed by atoms with Crippen LogP contribution in [0.3, 0.4) is 0 Å². The molecule has 1 aromatic carbocycles. The van der Waals surface area contributed by atoms with E-state index in [2.05, 4.69) is 15.4 Å². The molecule has 4 rings (SSSR count). The summed E-state index contributed by atoms with van der Waals surface area (Å²) in [5.41, 5.74) is 2.93. The fraction of sp³-hybridized carbons (Fsp3) is 0.375. The van der Waals surface area contributed by atoms with E-state index in [1.54, 1.807) is 29.2 Å². The van der Waals surface area contributed by atoms with E-state index in [1.165, 1.54) is 25.0 Å². The average molecular weight is 423 g/mol. The van der Waals surface area contributed by atoms with Gasteiger partial charge in [0.2, 0.25) is 5.88 Å². The van der Waals surface area contributed by atoms with Crippen LogP contribution in [0.2, 0.25) is 0 Å². The highest BCUT2D eigenvalue weighted by Gasteiger charge is 2.21. The maximum atomic E-state index is 13.3. The molecule has 1 amide bonds. The standard InChI is InChI=1S/C24H27FN4O2/c1-16(2)23-21(15-28-29(23)19-9-7-18(25)8-10-19)24(30)27-14-17-11-12-26-22(13-17)31-20-5-3-4-6-20/h7-13,15-16,20H,3-6,14H2,1-2H3,(H,27,30). The lowest BCUT2D eigenvalue weighted by Gasteiger charge is -2.14. The molecule has 0 unspecified atom stereocenters. The third kappa shape index (κ3) is 4.93. The zero-order valence-corrected chi connectivity index (χ0v) is 17.8. The molecule has 0 radical (unpaired) electrons. The van der Waals surface area contributed by atoms with Gasteiger partial charge in [0.15, 0.2) is 0 Å². The first-order chi connectivity index (χ1) is 15.0. The first-order valence-electron chi connectivity index (χ1n) is 10.7. The normalized spacial score (nSPS) is 14.2. The first-order valence-corrected chi connectivity index (χ1v) is 10.7. The van der Waals surface area contributed by atoms with Crippen LogP contribution in [0.25, 0.3) is 5.69 Å². The Kier molecular flexibility index (Phi) is 6.30. The number of halogens is 1. The van der Waals surface area contributed by atoms with E-state index >= 15 is 0 Å². The van der Waals surface area contributed by atoms with E-state index in [0.29, 0.717) is 23.7 Å². The van der Waals surface area contributed by atoms with E-state index < -0.39 is 0 Å². The van der Waals surface area contributed by atoms with Gasteiger partial charge in [-0.3, -0.25) is 4.79 Å². The largest absolute Gasteiger partial charge is 0.474 e. The lowest BCUT2D eigenvalue weighted by atomic mass is 10.0. The molecular formula is C24H27FN4O2. The van der Waals surface area contributed by atoms with Gasteiger partial charge in [-0.2, -0.15) is 5.10 Å². The third-order valence-corrected chi connectivity index (χ3v) is 5.51. The number of carbonyl (C=O) groups excluding carboxylic acids is 1. The fourth-order valence-corrected chi connectivity index (χ4v) is 3.96. The number of nitrogens with one attached hydrogen (secondary N) is 1. The highest BCUT2D eigenvalue weighted by molar-refractivity contribution is 5.95. The molecule has 1 fully saturated rings. The van der Waals surface area contributed by atoms with Gasteiger partial charge in [-0.25, -0.2) is 14.1 Å². The summed E-state index contributed by atoms with van der Waals surface area (Å²) in [4.78, 5) is 17.2.